The molecule has 1 aliphatic heterocycles. The van der Waals surface area contributed by atoms with Gasteiger partial charge in [0, 0.05) is 5.56 Å². The van der Waals surface area contributed by atoms with E-state index in [2.05, 4.69) is 5.48 Å². The second-order valence-corrected chi connectivity index (χ2v) is 3.56. The Morgan fingerprint density at radius 3 is 3.07 bits per heavy atom. The van der Waals surface area contributed by atoms with E-state index in [1.807, 2.05) is 30.3 Å². The molecular weight excluding hydrogens is 190 g/mol. The third-order valence-corrected chi connectivity index (χ3v) is 2.64. The predicted octanol–water partition coefficient (Wildman–Crippen LogP) is 1.69. The maximum atomic E-state index is 11.8. The highest BCUT2D eigenvalue weighted by atomic mass is 16.6. The lowest BCUT2D eigenvalue weighted by atomic mass is 9.87. The molecule has 1 aromatic rings. The smallest absolute Gasteiger partial charge is 0.169 e. The van der Waals surface area contributed by atoms with E-state index in [0.29, 0.717) is 0 Å². The number of hydrogen-bond acceptors (Lipinski definition) is 3. The predicted molar refractivity (Wildman–Crippen MR) is 55.2 cm³/mol. The van der Waals surface area contributed by atoms with Crippen molar-refractivity contribution in [2.75, 3.05) is 0 Å². The zero-order chi connectivity index (χ0) is 10.3. The third kappa shape index (κ3) is 1.16. The number of carbonyl (C=O) groups is 1. The first kappa shape index (κ1) is 8.29. The summed E-state index contributed by atoms with van der Waals surface area (Å²) >= 11 is 0. The van der Waals surface area contributed by atoms with Crippen LogP contribution in [-0.4, -0.2) is 5.78 Å². The molecule has 0 saturated carbocycles. The fourth-order valence-corrected chi connectivity index (χ4v) is 1.93. The van der Waals surface area contributed by atoms with E-state index >= 15 is 0 Å². The Kier molecular flexibility index (Phi) is 1.65. The van der Waals surface area contributed by atoms with Crippen LogP contribution in [0.25, 0.3) is 0 Å². The fraction of sp³-hybridized carbons (Fsp3) is 0.0833. The number of benzene rings is 1. The first-order valence-corrected chi connectivity index (χ1v) is 4.80. The molecule has 0 spiro atoms. The van der Waals surface area contributed by atoms with Crippen molar-refractivity contribution in [2.24, 2.45) is 0 Å². The minimum atomic E-state index is -0.222. The number of allylic oxidation sites excluding steroid dienone is 4. The Labute approximate surface area is 87.0 Å². The van der Waals surface area contributed by atoms with Gasteiger partial charge >= 0.3 is 0 Å². The lowest BCUT2D eigenvalue weighted by Crippen LogP contribution is -2.33. The van der Waals surface area contributed by atoms with Gasteiger partial charge in [-0.2, -0.15) is 0 Å². The van der Waals surface area contributed by atoms with Crippen LogP contribution in [0.4, 0.5) is 0 Å². The normalized spacial score (nSPS) is 22.0. The van der Waals surface area contributed by atoms with Gasteiger partial charge < -0.3 is 4.84 Å². The Morgan fingerprint density at radius 2 is 2.13 bits per heavy atom. The van der Waals surface area contributed by atoms with E-state index in [4.69, 9.17) is 4.84 Å². The van der Waals surface area contributed by atoms with Crippen LogP contribution in [0, 0.1) is 0 Å². The molecule has 3 rings (SSSR count). The second kappa shape index (κ2) is 2.98. The minimum Gasteiger partial charge on any atom is -0.382 e. The number of nitrogens with one attached hydrogen (secondary N) is 1. The summed E-state index contributed by atoms with van der Waals surface area (Å²) in [5.41, 5.74) is 4.53. The van der Waals surface area contributed by atoms with Crippen LogP contribution in [0.2, 0.25) is 0 Å². The van der Waals surface area contributed by atoms with Gasteiger partial charge in [-0.25, -0.2) is 5.48 Å². The number of hydroxylamine groups is 1. The molecule has 1 heterocycles. The molecule has 0 saturated heterocycles. The van der Waals surface area contributed by atoms with Gasteiger partial charge in [-0.3, -0.25) is 4.79 Å². The molecule has 3 nitrogen and oxygen atoms in total. The molecule has 2 aliphatic rings. The van der Waals surface area contributed by atoms with Crippen LogP contribution in [0.15, 0.2) is 48.2 Å². The van der Waals surface area contributed by atoms with Crippen molar-refractivity contribution in [1.29, 1.82) is 0 Å². The quantitative estimate of drug-likeness (QED) is 0.691. The van der Waals surface area contributed by atoms with E-state index in [1.54, 1.807) is 12.2 Å². The number of carbonyl (C=O) groups excluding carboxylic acids is 1. The fourth-order valence-electron chi connectivity index (χ4n) is 1.93. The van der Waals surface area contributed by atoms with Gasteiger partial charge in [-0.05, 0) is 18.2 Å². The van der Waals surface area contributed by atoms with Crippen molar-refractivity contribution in [3.8, 4) is 5.75 Å². The van der Waals surface area contributed by atoms with Crippen LogP contribution in [-0.2, 0) is 4.79 Å². The molecule has 1 atom stereocenters. The van der Waals surface area contributed by atoms with Crippen LogP contribution >= 0.6 is 0 Å². The summed E-state index contributed by atoms with van der Waals surface area (Å²) in [6.07, 6.45) is 5.19. The Morgan fingerprint density at radius 1 is 1.27 bits per heavy atom. The van der Waals surface area contributed by atoms with E-state index in [0.717, 1.165) is 17.0 Å². The number of para-hydroxylation sites is 1. The maximum absolute atomic E-state index is 11.8. The summed E-state index contributed by atoms with van der Waals surface area (Å²) in [7, 11) is 0. The van der Waals surface area contributed by atoms with Crippen LogP contribution in [0.3, 0.4) is 0 Å². The lowest BCUT2D eigenvalue weighted by molar-refractivity contribution is -0.115. The Balaban J connectivity index is 2.17. The molecule has 3 heteroatoms. The van der Waals surface area contributed by atoms with Gasteiger partial charge in [0.15, 0.2) is 11.5 Å². The van der Waals surface area contributed by atoms with E-state index in [9.17, 15) is 4.79 Å². The standard InChI is InChI=1S/C12H9NO2/c14-10-6-3-5-9-12(10)8-4-1-2-7-11(8)15-13-9/h1-7,12-13H. The molecule has 0 radical (unpaired) electrons. The van der Waals surface area contributed by atoms with Crippen molar-refractivity contribution in [3.63, 3.8) is 0 Å². The average Bonchev–Trinajstić information content (AvgIpc) is 2.29. The topological polar surface area (TPSA) is 38.3 Å². The molecule has 1 aromatic carbocycles. The molecule has 15 heavy (non-hydrogen) atoms. The molecular formula is C12H9NO2. The Bertz CT molecular complexity index is 488. The molecule has 1 N–H and O–H groups in total. The minimum absolute atomic E-state index is 0.0933. The summed E-state index contributed by atoms with van der Waals surface area (Å²) < 4.78 is 0. The van der Waals surface area contributed by atoms with Gasteiger partial charge in [0.05, 0.1) is 11.6 Å². The summed E-state index contributed by atoms with van der Waals surface area (Å²) in [4.78, 5) is 17.1. The zero-order valence-electron chi connectivity index (χ0n) is 7.94. The first-order valence-electron chi connectivity index (χ1n) is 4.80. The zero-order valence-corrected chi connectivity index (χ0v) is 7.94. The lowest BCUT2D eigenvalue weighted by Gasteiger charge is -2.28. The van der Waals surface area contributed by atoms with Crippen molar-refractivity contribution in [3.05, 3.63) is 53.8 Å². The highest BCUT2D eigenvalue weighted by Gasteiger charge is 2.31. The van der Waals surface area contributed by atoms with Gasteiger partial charge in [-0.15, -0.1) is 0 Å². The number of ketones is 1. The van der Waals surface area contributed by atoms with Crippen LogP contribution in [0.5, 0.6) is 5.75 Å². The summed E-state index contributed by atoms with van der Waals surface area (Å²) in [5, 5.41) is 0. The number of rotatable bonds is 0. The Hall–Kier alpha value is -2.03. The second-order valence-electron chi connectivity index (χ2n) is 3.56. The summed E-state index contributed by atoms with van der Waals surface area (Å²) in [6, 6.07) is 7.57. The highest BCUT2D eigenvalue weighted by Crippen LogP contribution is 2.36. The summed E-state index contributed by atoms with van der Waals surface area (Å²) in [5.74, 6) is 0.596. The van der Waals surface area contributed by atoms with Gasteiger partial charge in [0.1, 0.15) is 0 Å². The van der Waals surface area contributed by atoms with Gasteiger partial charge in [0.2, 0.25) is 0 Å². The molecule has 1 unspecified atom stereocenters. The van der Waals surface area contributed by atoms with E-state index < -0.39 is 0 Å². The van der Waals surface area contributed by atoms with E-state index in [1.165, 1.54) is 0 Å². The summed E-state index contributed by atoms with van der Waals surface area (Å²) in [6.45, 7) is 0. The van der Waals surface area contributed by atoms with Crippen molar-refractivity contribution in [2.45, 2.75) is 5.92 Å². The molecule has 1 aliphatic carbocycles. The van der Waals surface area contributed by atoms with Gasteiger partial charge in [0.25, 0.3) is 0 Å². The average molecular weight is 199 g/mol. The first-order chi connectivity index (χ1) is 7.36. The monoisotopic (exact) mass is 199 g/mol. The molecule has 74 valence electrons. The molecule has 0 fully saturated rings. The molecule has 0 bridgehead atoms. The number of fused-ring (bicyclic) bond motifs is 3. The highest BCUT2D eigenvalue weighted by molar-refractivity contribution is 5.99. The SMILES string of the molecule is O=C1C=CC=C2NOc3ccccc3C12. The van der Waals surface area contributed by atoms with Crippen LogP contribution < -0.4 is 10.3 Å². The van der Waals surface area contributed by atoms with Crippen LogP contribution in [0.1, 0.15) is 11.5 Å². The maximum Gasteiger partial charge on any atom is 0.169 e. The van der Waals surface area contributed by atoms with Crippen molar-refractivity contribution in [1.82, 2.24) is 5.48 Å². The largest absolute Gasteiger partial charge is 0.382 e. The van der Waals surface area contributed by atoms with Gasteiger partial charge in [-0.1, -0.05) is 24.3 Å². The van der Waals surface area contributed by atoms with Crippen molar-refractivity contribution >= 4 is 5.78 Å². The number of hydrogen-bond donors (Lipinski definition) is 1. The third-order valence-electron chi connectivity index (χ3n) is 2.64. The molecule has 0 amide bonds. The van der Waals surface area contributed by atoms with Crippen molar-refractivity contribution < 1.29 is 9.63 Å². The van der Waals surface area contributed by atoms with E-state index in [-0.39, 0.29) is 11.7 Å². The molecule has 0 aromatic heterocycles.